The van der Waals surface area contributed by atoms with Gasteiger partial charge in [0.25, 0.3) is 0 Å². The van der Waals surface area contributed by atoms with Gasteiger partial charge in [-0.2, -0.15) is 13.2 Å². The molecule has 4 aromatic rings. The molecule has 0 fully saturated rings. The van der Waals surface area contributed by atoms with E-state index in [2.05, 4.69) is 86.4 Å². The molecule has 9 heteroatoms. The fraction of sp³-hybridized carbons (Fsp3) is 0.387. The molecule has 2 aromatic carbocycles. The fourth-order valence-corrected chi connectivity index (χ4v) is 5.33. The molecule has 4 nitrogen and oxygen atoms in total. The smallest absolute Gasteiger partial charge is 0.448 e. The average molecular weight is 748 g/mol. The Morgan fingerprint density at radius 2 is 1.75 bits per heavy atom. The minimum absolute atomic E-state index is 0. The molecule has 2 heterocycles. The molecular formula is C31H34F3IrN2O2S-. The van der Waals surface area contributed by atoms with Crippen molar-refractivity contribution in [3.05, 3.63) is 71.1 Å². The zero-order valence-electron chi connectivity index (χ0n) is 23.6. The van der Waals surface area contributed by atoms with E-state index in [0.29, 0.717) is 5.92 Å². The second-order valence-electron chi connectivity index (χ2n) is 11.2. The van der Waals surface area contributed by atoms with Crippen molar-refractivity contribution in [2.45, 2.75) is 72.4 Å². The van der Waals surface area contributed by atoms with Crippen molar-refractivity contribution in [1.29, 1.82) is 0 Å². The minimum atomic E-state index is -4.83. The summed E-state index contributed by atoms with van der Waals surface area (Å²) in [6, 6.07) is 14.4. The molecule has 0 aliphatic carbocycles. The fourth-order valence-electron chi connectivity index (χ4n) is 4.14. The first kappa shape index (κ1) is 33.6. The predicted molar refractivity (Wildman–Crippen MR) is 153 cm³/mol. The summed E-state index contributed by atoms with van der Waals surface area (Å²) in [5.41, 5.74) is 5.80. The van der Waals surface area contributed by atoms with Crippen LogP contribution < -0.4 is 0 Å². The number of aliphatic hydroxyl groups is 1. The molecule has 0 bridgehead atoms. The van der Waals surface area contributed by atoms with Gasteiger partial charge in [-0.25, -0.2) is 4.98 Å². The van der Waals surface area contributed by atoms with Gasteiger partial charge >= 0.3 is 6.18 Å². The van der Waals surface area contributed by atoms with Crippen LogP contribution in [-0.2, 0) is 30.3 Å². The van der Waals surface area contributed by atoms with Crippen LogP contribution in [0.4, 0.5) is 13.2 Å². The molecule has 0 atom stereocenters. The number of ketones is 1. The van der Waals surface area contributed by atoms with Crippen molar-refractivity contribution in [1.82, 2.24) is 9.97 Å². The first-order chi connectivity index (χ1) is 18.1. The van der Waals surface area contributed by atoms with E-state index >= 15 is 0 Å². The Labute approximate surface area is 251 Å². The first-order valence-electron chi connectivity index (χ1n) is 12.8. The third-order valence-electron chi connectivity index (χ3n) is 6.04. The summed E-state index contributed by atoms with van der Waals surface area (Å²) >= 11 is 1.74. The molecule has 4 rings (SSSR count). The number of benzene rings is 2. The SMILES string of the molecule is CC(C)CC(=O)/C=C(\O)C(F)(F)F.CC(C)c1csc2c(-c3[c-]c4ccccc4c(C(C)(C)C)c3)ncnc12.[Ir]. The Bertz CT molecular complexity index is 1500. The molecule has 0 saturated carbocycles. The average Bonchev–Trinajstić information content (AvgIpc) is 3.27. The van der Waals surface area contributed by atoms with Gasteiger partial charge in [0.1, 0.15) is 6.33 Å². The van der Waals surface area contributed by atoms with Crippen molar-refractivity contribution in [3.63, 3.8) is 0 Å². The molecule has 40 heavy (non-hydrogen) atoms. The quantitative estimate of drug-likeness (QED) is 0.126. The van der Waals surface area contributed by atoms with E-state index in [1.165, 1.54) is 16.5 Å². The normalized spacial score (nSPS) is 12.4. The van der Waals surface area contributed by atoms with Crippen LogP contribution in [0.1, 0.15) is 71.9 Å². The number of thiophene rings is 1. The Hall–Kier alpha value is -2.61. The van der Waals surface area contributed by atoms with E-state index in [-0.39, 0.29) is 43.9 Å². The predicted octanol–water partition coefficient (Wildman–Crippen LogP) is 9.34. The summed E-state index contributed by atoms with van der Waals surface area (Å²) < 4.78 is 36.2. The Kier molecular flexibility index (Phi) is 11.2. The van der Waals surface area contributed by atoms with Gasteiger partial charge in [0.15, 0.2) is 5.78 Å². The number of carbonyl (C=O) groups excluding carboxylic acids is 1. The zero-order valence-corrected chi connectivity index (χ0v) is 26.8. The summed E-state index contributed by atoms with van der Waals surface area (Å²) in [6.07, 6.45) is -2.91. The van der Waals surface area contributed by atoms with Crippen LogP contribution in [0.15, 0.2) is 53.9 Å². The number of hydrogen-bond donors (Lipinski definition) is 1. The number of nitrogens with zero attached hydrogens (tertiary/aromatic N) is 2. The Morgan fingerprint density at radius 1 is 1.10 bits per heavy atom. The van der Waals surface area contributed by atoms with Crippen LogP contribution in [0.5, 0.6) is 0 Å². The van der Waals surface area contributed by atoms with E-state index in [1.54, 1.807) is 31.5 Å². The first-order valence-corrected chi connectivity index (χ1v) is 13.7. The van der Waals surface area contributed by atoms with Crippen LogP contribution in [0.2, 0.25) is 0 Å². The van der Waals surface area contributed by atoms with E-state index < -0.39 is 17.7 Å². The van der Waals surface area contributed by atoms with Crippen LogP contribution in [0, 0.1) is 12.0 Å². The summed E-state index contributed by atoms with van der Waals surface area (Å²) in [5.74, 6) is -2.12. The molecule has 2 aromatic heterocycles. The monoisotopic (exact) mass is 748 g/mol. The number of allylic oxidation sites excluding steroid dienone is 2. The largest absolute Gasteiger partial charge is 0.504 e. The molecule has 0 aliphatic rings. The van der Waals surface area contributed by atoms with Crippen molar-refractivity contribution in [2.24, 2.45) is 5.92 Å². The minimum Gasteiger partial charge on any atom is -0.504 e. The maximum absolute atomic E-state index is 11.7. The standard InChI is InChI=1S/C23H23N2S.C8H11F3O2.Ir/c1-14(2)18-12-26-22-20(24-13-25-21(18)22)16-10-15-8-6-7-9-17(15)19(11-16)23(3,4)5;1-5(2)3-6(12)4-7(13)8(9,10)11;/h6-9,11-14H,1-5H3;4-5,13H,3H2,1-2H3;/q-1;;/b;7-4-;. The van der Waals surface area contributed by atoms with Crippen LogP contribution in [0.3, 0.4) is 0 Å². The second kappa shape index (κ2) is 13.4. The maximum atomic E-state index is 11.7. The number of hydrogen-bond acceptors (Lipinski definition) is 5. The number of aromatic nitrogens is 2. The van der Waals surface area contributed by atoms with Gasteiger partial charge in [-0.05, 0) is 28.2 Å². The molecule has 0 spiro atoms. The van der Waals surface area contributed by atoms with E-state index in [1.807, 2.05) is 0 Å². The van der Waals surface area contributed by atoms with Crippen molar-refractivity contribution >= 4 is 38.1 Å². The summed E-state index contributed by atoms with van der Waals surface area (Å²) in [6.45, 7) is 14.6. The number of rotatable bonds is 5. The van der Waals surface area contributed by atoms with Gasteiger partial charge in [-0.1, -0.05) is 77.6 Å². The number of fused-ring (bicyclic) bond motifs is 2. The summed E-state index contributed by atoms with van der Waals surface area (Å²) in [7, 11) is 0. The third-order valence-corrected chi connectivity index (χ3v) is 7.03. The third kappa shape index (κ3) is 8.21. The summed E-state index contributed by atoms with van der Waals surface area (Å²) in [5, 5.41) is 13.0. The van der Waals surface area contributed by atoms with Gasteiger partial charge in [-0.15, -0.1) is 40.5 Å². The topological polar surface area (TPSA) is 63.1 Å². The molecular weight excluding hydrogens is 714 g/mol. The van der Waals surface area contributed by atoms with Gasteiger partial charge in [-0.3, -0.25) is 9.78 Å². The number of halogens is 3. The van der Waals surface area contributed by atoms with E-state index in [0.717, 1.165) is 26.9 Å². The number of carbonyl (C=O) groups is 1. The second-order valence-corrected chi connectivity index (χ2v) is 12.1. The van der Waals surface area contributed by atoms with E-state index in [9.17, 15) is 18.0 Å². The van der Waals surface area contributed by atoms with Crippen LogP contribution in [0.25, 0.3) is 32.2 Å². The van der Waals surface area contributed by atoms with Gasteiger partial charge < -0.3 is 5.11 Å². The van der Waals surface area contributed by atoms with Crippen molar-refractivity contribution < 1.29 is 43.2 Å². The van der Waals surface area contributed by atoms with Gasteiger partial charge in [0.05, 0.1) is 5.52 Å². The molecule has 0 aliphatic heterocycles. The Balaban J connectivity index is 0.000000344. The van der Waals surface area contributed by atoms with Crippen molar-refractivity contribution in [3.8, 4) is 11.3 Å². The molecule has 217 valence electrons. The molecule has 1 radical (unpaired) electrons. The maximum Gasteiger partial charge on any atom is 0.448 e. The molecule has 0 unspecified atom stereocenters. The van der Waals surface area contributed by atoms with Crippen molar-refractivity contribution in [2.75, 3.05) is 0 Å². The van der Waals surface area contributed by atoms with Gasteiger partial charge in [0, 0.05) is 43.0 Å². The Morgan fingerprint density at radius 3 is 2.33 bits per heavy atom. The molecule has 1 N–H and O–H groups in total. The number of alkyl halides is 3. The van der Waals surface area contributed by atoms with Gasteiger partial charge in [0.2, 0.25) is 5.76 Å². The number of aliphatic hydroxyl groups excluding tert-OH is 1. The van der Waals surface area contributed by atoms with E-state index in [4.69, 9.17) is 5.11 Å². The zero-order chi connectivity index (χ0) is 29.1. The molecule has 0 amide bonds. The van der Waals surface area contributed by atoms with Crippen LogP contribution in [-0.4, -0.2) is 27.0 Å². The molecule has 0 saturated heterocycles. The summed E-state index contributed by atoms with van der Waals surface area (Å²) in [4.78, 5) is 20.0. The van der Waals surface area contributed by atoms with Crippen LogP contribution >= 0.6 is 11.3 Å².